The van der Waals surface area contributed by atoms with Crippen LogP contribution in [0.2, 0.25) is 0 Å². The van der Waals surface area contributed by atoms with Crippen LogP contribution in [-0.4, -0.2) is 35.1 Å². The second-order valence-electron chi connectivity index (χ2n) is 7.50. The normalized spacial score (nSPS) is 14.6. The molecule has 1 aromatic carbocycles. The molecule has 0 unspecified atom stereocenters. The molecule has 0 saturated heterocycles. The Labute approximate surface area is 168 Å². The van der Waals surface area contributed by atoms with E-state index in [9.17, 15) is 4.79 Å². The molecule has 0 atom stereocenters. The van der Waals surface area contributed by atoms with Crippen LogP contribution in [0.25, 0.3) is 11.1 Å². The molecule has 2 heterocycles. The zero-order valence-electron chi connectivity index (χ0n) is 16.7. The number of nitrogens with zero attached hydrogens (tertiary/aromatic N) is 2. The Morgan fingerprint density at radius 2 is 2.00 bits per heavy atom. The standard InChI is InChI=1S/C21H24N4O4/c1-12-16(18(22)26)17-19(25-21(2)9-10-21)23-15(24-20(17)29-12)8-11-28-14-7-5-4-6-13(14)27-3/h4-7H,8-11H2,1-3H3,(H2,22,26)(H,23,24,25). The maximum atomic E-state index is 12.0. The Morgan fingerprint density at radius 3 is 2.66 bits per heavy atom. The number of methoxy groups -OCH3 is 1. The Hall–Kier alpha value is -3.29. The molecule has 29 heavy (non-hydrogen) atoms. The Bertz CT molecular complexity index is 1070. The van der Waals surface area contributed by atoms with E-state index in [1.54, 1.807) is 14.0 Å². The molecular formula is C21H24N4O4. The highest BCUT2D eigenvalue weighted by molar-refractivity contribution is 6.09. The fourth-order valence-corrected chi connectivity index (χ4v) is 3.24. The van der Waals surface area contributed by atoms with Crippen molar-refractivity contribution in [2.24, 2.45) is 5.73 Å². The number of furan rings is 1. The molecule has 0 bridgehead atoms. The summed E-state index contributed by atoms with van der Waals surface area (Å²) in [5.41, 5.74) is 6.21. The molecule has 1 aliphatic rings. The van der Waals surface area contributed by atoms with Crippen LogP contribution in [0.15, 0.2) is 28.7 Å². The number of rotatable bonds is 8. The van der Waals surface area contributed by atoms with Gasteiger partial charge in [-0.15, -0.1) is 0 Å². The minimum atomic E-state index is -0.555. The minimum Gasteiger partial charge on any atom is -0.493 e. The van der Waals surface area contributed by atoms with Crippen LogP contribution in [0.4, 0.5) is 5.82 Å². The third-order valence-electron chi connectivity index (χ3n) is 5.09. The Kier molecular flexibility index (Phi) is 4.77. The SMILES string of the molecule is COc1ccccc1OCCc1nc(NC2(C)CC2)c2c(C(N)=O)c(C)oc2n1. The number of para-hydroxylation sites is 2. The summed E-state index contributed by atoms with van der Waals surface area (Å²) < 4.78 is 16.9. The molecule has 3 N–H and O–H groups in total. The zero-order valence-corrected chi connectivity index (χ0v) is 16.7. The summed E-state index contributed by atoms with van der Waals surface area (Å²) in [6.45, 7) is 4.18. The summed E-state index contributed by atoms with van der Waals surface area (Å²) in [6, 6.07) is 7.45. The van der Waals surface area contributed by atoms with Crippen LogP contribution in [0, 0.1) is 6.92 Å². The van der Waals surface area contributed by atoms with Crippen LogP contribution in [0.1, 0.15) is 41.7 Å². The average Bonchev–Trinajstić information content (AvgIpc) is 3.30. The number of benzene rings is 1. The van der Waals surface area contributed by atoms with Crippen LogP contribution >= 0.6 is 0 Å². The predicted molar refractivity (Wildman–Crippen MR) is 109 cm³/mol. The average molecular weight is 396 g/mol. The first kappa shape index (κ1) is 19.0. The molecule has 0 spiro atoms. The lowest BCUT2D eigenvalue weighted by Gasteiger charge is -2.14. The quantitative estimate of drug-likeness (QED) is 0.601. The van der Waals surface area contributed by atoms with Crippen LogP contribution in [0.3, 0.4) is 0 Å². The molecule has 2 aromatic heterocycles. The third-order valence-corrected chi connectivity index (χ3v) is 5.09. The monoisotopic (exact) mass is 396 g/mol. The van der Waals surface area contributed by atoms with Crippen molar-refractivity contribution in [3.63, 3.8) is 0 Å². The molecule has 4 rings (SSSR count). The lowest BCUT2D eigenvalue weighted by atomic mass is 10.1. The van der Waals surface area contributed by atoms with Gasteiger partial charge in [0.1, 0.15) is 17.4 Å². The van der Waals surface area contributed by atoms with E-state index in [0.717, 1.165) is 12.8 Å². The first-order valence-corrected chi connectivity index (χ1v) is 9.54. The first-order valence-electron chi connectivity index (χ1n) is 9.54. The smallest absolute Gasteiger partial charge is 0.253 e. The maximum absolute atomic E-state index is 12.0. The number of ether oxygens (including phenoxy) is 2. The second-order valence-corrected chi connectivity index (χ2v) is 7.50. The maximum Gasteiger partial charge on any atom is 0.253 e. The summed E-state index contributed by atoms with van der Waals surface area (Å²) in [5.74, 6) is 2.34. The molecule has 3 aromatic rings. The number of hydrogen-bond acceptors (Lipinski definition) is 7. The molecule has 0 radical (unpaired) electrons. The van der Waals surface area contributed by atoms with Gasteiger partial charge in [0.25, 0.3) is 5.91 Å². The van der Waals surface area contributed by atoms with Gasteiger partial charge < -0.3 is 24.9 Å². The first-order chi connectivity index (χ1) is 13.9. The number of hydrogen-bond donors (Lipinski definition) is 2. The summed E-state index contributed by atoms with van der Waals surface area (Å²) in [5, 5.41) is 3.97. The fraction of sp³-hybridized carbons (Fsp3) is 0.381. The molecule has 8 nitrogen and oxygen atoms in total. The van der Waals surface area contributed by atoms with E-state index >= 15 is 0 Å². The van der Waals surface area contributed by atoms with E-state index in [4.69, 9.17) is 19.6 Å². The molecule has 152 valence electrons. The van der Waals surface area contributed by atoms with E-state index in [1.807, 2.05) is 24.3 Å². The van der Waals surface area contributed by atoms with Gasteiger partial charge in [-0.25, -0.2) is 4.98 Å². The number of aromatic nitrogens is 2. The topological polar surface area (TPSA) is 112 Å². The number of carbonyl (C=O) groups is 1. The van der Waals surface area contributed by atoms with Crippen molar-refractivity contribution in [1.29, 1.82) is 0 Å². The van der Waals surface area contributed by atoms with Crippen molar-refractivity contribution < 1.29 is 18.7 Å². The van der Waals surface area contributed by atoms with Gasteiger partial charge in [0.05, 0.1) is 24.7 Å². The van der Waals surface area contributed by atoms with Crippen molar-refractivity contribution in [2.45, 2.75) is 38.6 Å². The zero-order chi connectivity index (χ0) is 20.6. The van der Waals surface area contributed by atoms with Gasteiger partial charge in [-0.3, -0.25) is 4.79 Å². The number of carbonyl (C=O) groups excluding carboxylic acids is 1. The largest absolute Gasteiger partial charge is 0.493 e. The molecular weight excluding hydrogens is 372 g/mol. The lowest BCUT2D eigenvalue weighted by Crippen LogP contribution is -2.19. The molecule has 8 heteroatoms. The van der Waals surface area contributed by atoms with E-state index in [0.29, 0.717) is 58.6 Å². The van der Waals surface area contributed by atoms with Gasteiger partial charge in [0.2, 0.25) is 5.71 Å². The number of nitrogens with two attached hydrogens (primary N) is 1. The van der Waals surface area contributed by atoms with Crippen LogP contribution in [0.5, 0.6) is 11.5 Å². The van der Waals surface area contributed by atoms with Crippen molar-refractivity contribution in [3.8, 4) is 11.5 Å². The number of fused-ring (bicyclic) bond motifs is 1. The fourth-order valence-electron chi connectivity index (χ4n) is 3.24. The van der Waals surface area contributed by atoms with Gasteiger partial charge in [-0.05, 0) is 38.8 Å². The van der Waals surface area contributed by atoms with E-state index in [1.165, 1.54) is 0 Å². The van der Waals surface area contributed by atoms with Crippen molar-refractivity contribution in [3.05, 3.63) is 41.4 Å². The van der Waals surface area contributed by atoms with E-state index in [2.05, 4.69) is 22.2 Å². The number of nitrogens with one attached hydrogen (secondary N) is 1. The summed E-state index contributed by atoms with van der Waals surface area (Å²) >= 11 is 0. The van der Waals surface area contributed by atoms with Gasteiger partial charge in [-0.1, -0.05) is 12.1 Å². The highest BCUT2D eigenvalue weighted by atomic mass is 16.5. The number of aryl methyl sites for hydroxylation is 1. The van der Waals surface area contributed by atoms with Gasteiger partial charge in [0, 0.05) is 12.0 Å². The highest BCUT2D eigenvalue weighted by Crippen LogP contribution is 2.40. The number of amides is 1. The van der Waals surface area contributed by atoms with Gasteiger partial charge in [0.15, 0.2) is 11.5 Å². The lowest BCUT2D eigenvalue weighted by molar-refractivity contribution is 0.1000. The summed E-state index contributed by atoms with van der Waals surface area (Å²) in [7, 11) is 1.60. The molecule has 1 aliphatic carbocycles. The van der Waals surface area contributed by atoms with E-state index in [-0.39, 0.29) is 5.54 Å². The summed E-state index contributed by atoms with van der Waals surface area (Å²) in [6.07, 6.45) is 2.53. The van der Waals surface area contributed by atoms with Crippen LogP contribution in [-0.2, 0) is 6.42 Å². The molecule has 0 aliphatic heterocycles. The van der Waals surface area contributed by atoms with E-state index < -0.39 is 5.91 Å². The van der Waals surface area contributed by atoms with Crippen molar-refractivity contribution >= 4 is 22.8 Å². The summed E-state index contributed by atoms with van der Waals surface area (Å²) in [4.78, 5) is 21.1. The van der Waals surface area contributed by atoms with Crippen LogP contribution < -0.4 is 20.5 Å². The number of anilines is 1. The Balaban J connectivity index is 1.62. The van der Waals surface area contributed by atoms with Gasteiger partial charge >= 0.3 is 0 Å². The second kappa shape index (κ2) is 7.27. The molecule has 1 amide bonds. The molecule has 1 fully saturated rings. The third kappa shape index (κ3) is 3.83. The Morgan fingerprint density at radius 1 is 1.28 bits per heavy atom. The number of primary amides is 1. The van der Waals surface area contributed by atoms with Crippen molar-refractivity contribution in [1.82, 2.24) is 9.97 Å². The highest BCUT2D eigenvalue weighted by Gasteiger charge is 2.38. The molecule has 1 saturated carbocycles. The van der Waals surface area contributed by atoms with Gasteiger partial charge in [-0.2, -0.15) is 4.98 Å². The predicted octanol–water partition coefficient (Wildman–Crippen LogP) is 3.22. The van der Waals surface area contributed by atoms with Crippen molar-refractivity contribution in [2.75, 3.05) is 19.0 Å². The minimum absolute atomic E-state index is 0.0352.